The highest BCUT2D eigenvalue weighted by molar-refractivity contribution is 5.77. The van der Waals surface area contributed by atoms with Crippen molar-refractivity contribution in [2.24, 2.45) is 11.8 Å². The lowest BCUT2D eigenvalue weighted by molar-refractivity contribution is -0.123. The van der Waals surface area contributed by atoms with Gasteiger partial charge in [-0.05, 0) is 25.2 Å². The maximum atomic E-state index is 11.3. The van der Waals surface area contributed by atoms with Gasteiger partial charge >= 0.3 is 0 Å². The standard InChI is InChI=1S/C14H26N4O/c1-11(2)9-13-10-18(17-16-13)8-6-5-7-15-14(19)12(3)4/h10-12H,5-9H2,1-4H3,(H,15,19). The van der Waals surface area contributed by atoms with Gasteiger partial charge in [-0.1, -0.05) is 32.9 Å². The minimum Gasteiger partial charge on any atom is -0.356 e. The Morgan fingerprint density at radius 2 is 2.05 bits per heavy atom. The van der Waals surface area contributed by atoms with Crippen LogP contribution < -0.4 is 5.32 Å². The molecule has 0 radical (unpaired) electrons. The van der Waals surface area contributed by atoms with Crippen LogP contribution in [-0.4, -0.2) is 27.4 Å². The summed E-state index contributed by atoms with van der Waals surface area (Å²) in [5.74, 6) is 0.797. The van der Waals surface area contributed by atoms with E-state index in [4.69, 9.17) is 0 Å². The second-order valence-electron chi connectivity index (χ2n) is 5.72. The fourth-order valence-corrected chi connectivity index (χ4v) is 1.77. The van der Waals surface area contributed by atoms with Crippen LogP contribution in [0.4, 0.5) is 0 Å². The number of nitrogens with zero attached hydrogens (tertiary/aromatic N) is 3. The van der Waals surface area contributed by atoms with Crippen molar-refractivity contribution in [1.29, 1.82) is 0 Å². The molecule has 0 unspecified atom stereocenters. The Morgan fingerprint density at radius 3 is 2.68 bits per heavy atom. The maximum absolute atomic E-state index is 11.3. The molecule has 0 aromatic carbocycles. The van der Waals surface area contributed by atoms with Crippen LogP contribution in [0.3, 0.4) is 0 Å². The Kier molecular flexibility index (Phi) is 6.53. The van der Waals surface area contributed by atoms with Crippen LogP contribution in [0.2, 0.25) is 0 Å². The first-order chi connectivity index (χ1) is 8.99. The zero-order valence-corrected chi connectivity index (χ0v) is 12.5. The van der Waals surface area contributed by atoms with Crippen molar-refractivity contribution in [3.8, 4) is 0 Å². The summed E-state index contributed by atoms with van der Waals surface area (Å²) in [6.07, 6.45) is 4.97. The molecule has 5 nitrogen and oxygen atoms in total. The summed E-state index contributed by atoms with van der Waals surface area (Å²) in [5.41, 5.74) is 1.06. The van der Waals surface area contributed by atoms with Crippen molar-refractivity contribution in [1.82, 2.24) is 20.3 Å². The third kappa shape index (κ3) is 6.36. The largest absolute Gasteiger partial charge is 0.356 e. The van der Waals surface area contributed by atoms with Crippen molar-refractivity contribution < 1.29 is 4.79 Å². The van der Waals surface area contributed by atoms with Crippen molar-refractivity contribution in [3.63, 3.8) is 0 Å². The lowest BCUT2D eigenvalue weighted by Gasteiger charge is -2.07. The second kappa shape index (κ2) is 7.92. The monoisotopic (exact) mass is 266 g/mol. The molecule has 0 atom stereocenters. The Balaban J connectivity index is 2.16. The molecule has 5 heteroatoms. The number of hydrogen-bond acceptors (Lipinski definition) is 3. The highest BCUT2D eigenvalue weighted by atomic mass is 16.1. The molecule has 0 spiro atoms. The average molecular weight is 266 g/mol. The zero-order chi connectivity index (χ0) is 14.3. The Bertz CT molecular complexity index is 385. The Hall–Kier alpha value is -1.39. The summed E-state index contributed by atoms with van der Waals surface area (Å²) in [6.45, 7) is 9.77. The summed E-state index contributed by atoms with van der Waals surface area (Å²) >= 11 is 0. The number of carbonyl (C=O) groups excluding carboxylic acids is 1. The van der Waals surface area contributed by atoms with Gasteiger partial charge in [0.25, 0.3) is 0 Å². The molecule has 1 amide bonds. The SMILES string of the molecule is CC(C)Cc1cn(CCCCNC(=O)C(C)C)nn1. The highest BCUT2D eigenvalue weighted by Crippen LogP contribution is 2.04. The van der Waals surface area contributed by atoms with E-state index in [0.29, 0.717) is 5.92 Å². The molecule has 1 heterocycles. The van der Waals surface area contributed by atoms with Crippen LogP contribution in [0.25, 0.3) is 0 Å². The molecule has 0 aliphatic rings. The number of carbonyl (C=O) groups is 1. The van der Waals surface area contributed by atoms with Gasteiger partial charge in [0.1, 0.15) is 0 Å². The van der Waals surface area contributed by atoms with Gasteiger partial charge < -0.3 is 5.32 Å². The third-order valence-corrected chi connectivity index (χ3v) is 2.84. The van der Waals surface area contributed by atoms with Crippen LogP contribution in [-0.2, 0) is 17.8 Å². The second-order valence-corrected chi connectivity index (χ2v) is 5.72. The minimum absolute atomic E-state index is 0.0638. The van der Waals surface area contributed by atoms with Crippen molar-refractivity contribution in [3.05, 3.63) is 11.9 Å². The highest BCUT2D eigenvalue weighted by Gasteiger charge is 2.05. The first-order valence-corrected chi connectivity index (χ1v) is 7.15. The number of aromatic nitrogens is 3. The molecule has 19 heavy (non-hydrogen) atoms. The molecule has 1 aromatic heterocycles. The number of amides is 1. The molecule has 0 saturated carbocycles. The van der Waals surface area contributed by atoms with E-state index in [1.54, 1.807) is 0 Å². The van der Waals surface area contributed by atoms with Crippen LogP contribution >= 0.6 is 0 Å². The average Bonchev–Trinajstić information content (AvgIpc) is 2.75. The maximum Gasteiger partial charge on any atom is 0.222 e. The van der Waals surface area contributed by atoms with Crippen LogP contribution in [0.1, 0.15) is 46.2 Å². The van der Waals surface area contributed by atoms with E-state index in [0.717, 1.165) is 38.0 Å². The number of hydrogen-bond donors (Lipinski definition) is 1. The minimum atomic E-state index is 0.0638. The molecular formula is C14H26N4O. The van der Waals surface area contributed by atoms with Gasteiger partial charge in [0.2, 0.25) is 5.91 Å². The van der Waals surface area contributed by atoms with E-state index in [2.05, 4.69) is 29.5 Å². The summed E-state index contributed by atoms with van der Waals surface area (Å²) in [6, 6.07) is 0. The molecule has 0 bridgehead atoms. The Morgan fingerprint density at radius 1 is 1.32 bits per heavy atom. The predicted molar refractivity (Wildman–Crippen MR) is 75.6 cm³/mol. The number of nitrogens with one attached hydrogen (secondary N) is 1. The topological polar surface area (TPSA) is 59.8 Å². The number of rotatable bonds is 8. The lowest BCUT2D eigenvalue weighted by Crippen LogP contribution is -2.28. The molecule has 108 valence electrons. The molecule has 0 saturated heterocycles. The van der Waals surface area contributed by atoms with Crippen molar-refractivity contribution in [2.45, 2.75) is 53.5 Å². The third-order valence-electron chi connectivity index (χ3n) is 2.84. The molecule has 1 aromatic rings. The van der Waals surface area contributed by atoms with Gasteiger partial charge in [0.05, 0.1) is 5.69 Å². The molecular weight excluding hydrogens is 240 g/mol. The van der Waals surface area contributed by atoms with Crippen LogP contribution in [0.5, 0.6) is 0 Å². The summed E-state index contributed by atoms with van der Waals surface area (Å²) < 4.78 is 1.89. The van der Waals surface area contributed by atoms with Gasteiger partial charge in [-0.2, -0.15) is 0 Å². The smallest absolute Gasteiger partial charge is 0.222 e. The normalized spacial score (nSPS) is 11.3. The van der Waals surface area contributed by atoms with E-state index in [9.17, 15) is 4.79 Å². The summed E-state index contributed by atoms with van der Waals surface area (Å²) in [4.78, 5) is 11.3. The van der Waals surface area contributed by atoms with Gasteiger partial charge in [-0.25, -0.2) is 0 Å². The van der Waals surface area contributed by atoms with Crippen molar-refractivity contribution >= 4 is 5.91 Å². The van der Waals surface area contributed by atoms with Gasteiger partial charge in [-0.3, -0.25) is 9.48 Å². The first-order valence-electron chi connectivity index (χ1n) is 7.15. The van der Waals surface area contributed by atoms with Gasteiger partial charge in [0.15, 0.2) is 0 Å². The number of unbranched alkanes of at least 4 members (excludes halogenated alkanes) is 1. The van der Waals surface area contributed by atoms with Crippen molar-refractivity contribution in [2.75, 3.05) is 6.54 Å². The quantitative estimate of drug-likeness (QED) is 0.732. The van der Waals surface area contributed by atoms with E-state index in [-0.39, 0.29) is 11.8 Å². The van der Waals surface area contributed by atoms with Gasteiger partial charge in [0, 0.05) is 25.2 Å². The lowest BCUT2D eigenvalue weighted by atomic mass is 10.1. The summed E-state index contributed by atoms with van der Waals surface area (Å²) in [7, 11) is 0. The molecule has 0 fully saturated rings. The van der Waals surface area contributed by atoms with E-state index in [1.165, 1.54) is 0 Å². The Labute approximate surface area is 115 Å². The molecule has 0 aliphatic heterocycles. The summed E-state index contributed by atoms with van der Waals surface area (Å²) in [5, 5.41) is 11.2. The van der Waals surface area contributed by atoms with E-state index >= 15 is 0 Å². The van der Waals surface area contributed by atoms with Gasteiger partial charge in [-0.15, -0.1) is 5.10 Å². The zero-order valence-electron chi connectivity index (χ0n) is 12.5. The fourth-order valence-electron chi connectivity index (χ4n) is 1.77. The first kappa shape index (κ1) is 15.7. The molecule has 1 N–H and O–H groups in total. The molecule has 0 aliphatic carbocycles. The fraction of sp³-hybridized carbons (Fsp3) is 0.786. The number of aryl methyl sites for hydroxylation is 1. The van der Waals surface area contributed by atoms with E-state index < -0.39 is 0 Å². The molecule has 1 rings (SSSR count). The van der Waals surface area contributed by atoms with E-state index in [1.807, 2.05) is 24.7 Å². The predicted octanol–water partition coefficient (Wildman–Crippen LogP) is 2.03. The van der Waals surface area contributed by atoms with Crippen LogP contribution in [0.15, 0.2) is 6.20 Å². The van der Waals surface area contributed by atoms with Crippen LogP contribution in [0, 0.1) is 11.8 Å².